The van der Waals surface area contributed by atoms with Crippen molar-refractivity contribution in [1.29, 1.82) is 0 Å². The first kappa shape index (κ1) is 48.1. The van der Waals surface area contributed by atoms with Gasteiger partial charge in [0.25, 0.3) is 0 Å². The van der Waals surface area contributed by atoms with E-state index in [0.717, 1.165) is 0 Å². The molecule has 0 heterocycles. The summed E-state index contributed by atoms with van der Waals surface area (Å²) in [4.78, 5) is 0. The van der Waals surface area contributed by atoms with Crippen LogP contribution in [0.2, 0.25) is 0 Å². The first-order chi connectivity index (χ1) is 15.0. The predicted octanol–water partition coefficient (Wildman–Crippen LogP) is -5.52. The molecule has 0 N–H and O–H groups in total. The van der Waals surface area contributed by atoms with E-state index in [4.69, 9.17) is 0 Å². The summed E-state index contributed by atoms with van der Waals surface area (Å²) in [6.45, 7) is 0. The molecule has 5 rings (SSSR count). The fourth-order valence-electron chi connectivity index (χ4n) is 1.67. The summed E-state index contributed by atoms with van der Waals surface area (Å²) in [5.74, 6) is 0. The van der Waals surface area contributed by atoms with E-state index in [9.17, 15) is 0 Å². The molecule has 182 valence electrons. The number of hydrogen-bond acceptors (Lipinski definition) is 0. The van der Waals surface area contributed by atoms with E-state index in [0.29, 0.717) is 0 Å². The van der Waals surface area contributed by atoms with Gasteiger partial charge in [0.15, 0.2) is 0 Å². The van der Waals surface area contributed by atoms with Gasteiger partial charge in [-0.15, -0.1) is 6.08 Å². The van der Waals surface area contributed by atoms with Gasteiger partial charge >= 0.3 is 52.4 Å². The molecule has 0 fully saturated rings. The van der Waals surface area contributed by atoms with Crippen molar-refractivity contribution in [3.8, 4) is 0 Å². The van der Waals surface area contributed by atoms with E-state index in [1.165, 1.54) is 0 Å². The molecule has 0 atom stereocenters. The fraction of sp³-hybridized carbons (Fsp3) is 0. The third-order valence-corrected chi connectivity index (χ3v) is 2.98. The Kier molecular flexibility index (Phi) is 58.7. The van der Waals surface area contributed by atoms with E-state index in [1.54, 1.807) is 6.08 Å². The molecule has 0 spiro atoms. The third kappa shape index (κ3) is 40.1. The molecular formula is C30H24Bi2Cl4. The second-order valence-electron chi connectivity index (χ2n) is 5.31. The standard InChI is InChI=1S/4C6H5.C6H4.2Bi.4ClH/c5*1-2-4-6-5-3-1;;;;;;/h4*1-5H;1-3,6H;;;4*1H/q;;;;;2*+2;;;;/p-4. The van der Waals surface area contributed by atoms with Crippen LogP contribution in [0.4, 0.5) is 0 Å². The molecule has 36 heavy (non-hydrogen) atoms. The summed E-state index contributed by atoms with van der Waals surface area (Å²) in [6.07, 6.45) is 13.0. The summed E-state index contributed by atoms with van der Waals surface area (Å²) >= 11 is 0. The molecule has 0 unspecified atom stereocenters. The third-order valence-electron chi connectivity index (χ3n) is 2.98. The summed E-state index contributed by atoms with van der Waals surface area (Å²) < 4.78 is 0. The molecule has 0 amide bonds. The van der Waals surface area contributed by atoms with Crippen LogP contribution >= 0.6 is 0 Å². The van der Waals surface area contributed by atoms with Crippen LogP contribution in [0, 0.1) is 36.4 Å². The zero-order valence-corrected chi connectivity index (χ0v) is 29.2. The topological polar surface area (TPSA) is 0 Å². The van der Waals surface area contributed by atoms with Gasteiger partial charge in [0.05, 0.1) is 0 Å². The smallest absolute Gasteiger partial charge is 1.00 e. The van der Waals surface area contributed by atoms with E-state index >= 15 is 0 Å². The minimum Gasteiger partial charge on any atom is -1.00 e. The second kappa shape index (κ2) is 44.0. The molecule has 0 aliphatic heterocycles. The first-order valence-electron chi connectivity index (χ1n) is 9.46. The number of rotatable bonds is 0. The van der Waals surface area contributed by atoms with Gasteiger partial charge in [-0.3, -0.25) is 0 Å². The number of hydrogen-bond donors (Lipinski definition) is 0. The average molecular weight is 944 g/mol. The maximum atomic E-state index is 2.89. The van der Waals surface area contributed by atoms with Gasteiger partial charge in [-0.25, -0.2) is 0 Å². The molecule has 4 aromatic carbocycles. The average Bonchev–Trinajstić information content (AvgIpc) is 2.91. The Morgan fingerprint density at radius 3 is 0.750 bits per heavy atom. The van der Waals surface area contributed by atoms with E-state index in [2.05, 4.69) is 36.4 Å². The maximum Gasteiger partial charge on any atom is 2.00 e. The quantitative estimate of drug-likeness (QED) is 0.122. The van der Waals surface area contributed by atoms with Gasteiger partial charge in [0.1, 0.15) is 0 Å². The van der Waals surface area contributed by atoms with E-state index < -0.39 is 0 Å². The molecule has 6 heteroatoms. The monoisotopic (exact) mass is 942 g/mol. The Morgan fingerprint density at radius 2 is 0.694 bits per heavy atom. The van der Waals surface area contributed by atoms with Crippen molar-refractivity contribution < 1.29 is 49.6 Å². The Morgan fingerprint density at radius 1 is 0.417 bits per heavy atom. The van der Waals surface area contributed by atoms with Gasteiger partial charge in [-0.2, -0.15) is 0 Å². The van der Waals surface area contributed by atoms with E-state index in [1.807, 2.05) is 140 Å². The van der Waals surface area contributed by atoms with Crippen LogP contribution in [0.1, 0.15) is 0 Å². The maximum absolute atomic E-state index is 2.89. The van der Waals surface area contributed by atoms with E-state index in [-0.39, 0.29) is 102 Å². The van der Waals surface area contributed by atoms with Crippen molar-refractivity contribution in [3.05, 3.63) is 182 Å². The van der Waals surface area contributed by atoms with Crippen LogP contribution < -0.4 is 49.6 Å². The predicted molar refractivity (Wildman–Crippen MR) is 137 cm³/mol. The van der Waals surface area contributed by atoms with Gasteiger partial charge in [0, 0.05) is 0 Å². The van der Waals surface area contributed by atoms with Crippen LogP contribution in [0.5, 0.6) is 0 Å². The normalized spacial score (nSPS) is 7.78. The van der Waals surface area contributed by atoms with Gasteiger partial charge in [-0.05, 0) is 42.5 Å². The Hall–Kier alpha value is -1.06. The number of allylic oxidation sites excluding steroid dienone is 6. The Balaban J connectivity index is -0.0000000750. The van der Waals surface area contributed by atoms with Crippen molar-refractivity contribution in [2.75, 3.05) is 0 Å². The first-order valence-corrected chi connectivity index (χ1v) is 9.46. The van der Waals surface area contributed by atoms with Crippen molar-refractivity contribution in [2.24, 2.45) is 0 Å². The molecule has 0 saturated carbocycles. The number of halogens is 4. The molecule has 4 aromatic rings. The minimum atomic E-state index is 0. The second-order valence-corrected chi connectivity index (χ2v) is 5.31. The van der Waals surface area contributed by atoms with Crippen LogP contribution in [-0.4, -0.2) is 52.4 Å². The molecular weight excluding hydrogens is 920 g/mol. The minimum absolute atomic E-state index is 0. The van der Waals surface area contributed by atoms with Crippen molar-refractivity contribution >= 4 is 52.4 Å². The van der Waals surface area contributed by atoms with Gasteiger partial charge in [-0.1, -0.05) is 133 Å². The molecule has 0 saturated heterocycles. The zero-order valence-electron chi connectivity index (χ0n) is 19.3. The summed E-state index contributed by atoms with van der Waals surface area (Å²) in [5, 5.41) is 0. The molecule has 1 aliphatic carbocycles. The molecule has 1 aliphatic rings. The summed E-state index contributed by atoms with van der Waals surface area (Å²) in [5.41, 5.74) is 0. The van der Waals surface area contributed by atoms with Crippen molar-refractivity contribution in [3.63, 3.8) is 0 Å². The Labute approximate surface area is 281 Å². The molecule has 0 bridgehead atoms. The molecule has 0 nitrogen and oxygen atoms in total. The van der Waals surface area contributed by atoms with Crippen LogP contribution in [0.3, 0.4) is 0 Å². The van der Waals surface area contributed by atoms with Crippen molar-refractivity contribution in [1.82, 2.24) is 0 Å². The van der Waals surface area contributed by atoms with Crippen molar-refractivity contribution in [2.45, 2.75) is 0 Å². The number of benzene rings is 4. The molecule has 0 aromatic heterocycles. The van der Waals surface area contributed by atoms with Crippen LogP contribution in [0.15, 0.2) is 146 Å². The zero-order chi connectivity index (χ0) is 21.2. The Bertz CT molecular complexity index is 622. The fourth-order valence-corrected chi connectivity index (χ4v) is 1.67. The summed E-state index contributed by atoms with van der Waals surface area (Å²) in [7, 11) is 0. The van der Waals surface area contributed by atoms with Gasteiger partial charge in [0.2, 0.25) is 0 Å². The molecule has 10 radical (unpaired) electrons. The SMILES string of the molecule is [Bi+2].[Bi+2].[C+]1=CC=C[C-]=C1.[Cl-].[Cl-].[Cl-].[Cl-].[c]1ccccc1.[c]1ccccc1.[c]1ccccc1.[c]1ccccc1. The van der Waals surface area contributed by atoms with Crippen LogP contribution in [0.25, 0.3) is 0 Å². The largest absolute Gasteiger partial charge is 2.00 e. The summed E-state index contributed by atoms with van der Waals surface area (Å²) in [6, 6.07) is 50.0. The van der Waals surface area contributed by atoms with Gasteiger partial charge < -0.3 is 49.6 Å². The van der Waals surface area contributed by atoms with Crippen LogP contribution in [-0.2, 0) is 0 Å².